The molecule has 1 heterocycles. The smallest absolute Gasteiger partial charge is 0.347 e. The molecule has 0 amide bonds. The first-order chi connectivity index (χ1) is 9.63. The fourth-order valence-corrected chi connectivity index (χ4v) is 3.56. The molecule has 0 N–H and O–H groups in total. The normalized spacial score (nSPS) is 30.4. The Morgan fingerprint density at radius 1 is 1.15 bits per heavy atom. The second-order valence-electron chi connectivity index (χ2n) is 5.87. The van der Waals surface area contributed by atoms with Gasteiger partial charge in [0.05, 0.1) is 13.2 Å². The number of nitrogens with zero attached hydrogens (tertiary/aromatic N) is 2. The summed E-state index contributed by atoms with van der Waals surface area (Å²) < 4.78 is 11.6. The zero-order valence-electron chi connectivity index (χ0n) is 11.7. The molecule has 3 aliphatic rings. The van der Waals surface area contributed by atoms with Crippen LogP contribution in [-0.2, 0) is 9.47 Å². The molecule has 1 unspecified atom stereocenters. The van der Waals surface area contributed by atoms with Gasteiger partial charge in [0.1, 0.15) is 12.0 Å². The minimum Gasteiger partial charge on any atom is -0.347 e. The summed E-state index contributed by atoms with van der Waals surface area (Å²) in [6, 6.07) is 0. The second kappa shape index (κ2) is 4.74. The summed E-state index contributed by atoms with van der Waals surface area (Å²) in [6.07, 6.45) is 6.91. The lowest BCUT2D eigenvalue weighted by Crippen LogP contribution is -2.39. The van der Waals surface area contributed by atoms with Crippen LogP contribution in [0.1, 0.15) is 32.6 Å². The highest BCUT2D eigenvalue weighted by Crippen LogP contribution is 2.48. The van der Waals surface area contributed by atoms with Gasteiger partial charge in [-0.1, -0.05) is 17.7 Å². The van der Waals surface area contributed by atoms with E-state index in [1.807, 2.05) is 6.08 Å². The van der Waals surface area contributed by atoms with Crippen LogP contribution in [0.15, 0.2) is 23.3 Å². The molecule has 4 heteroatoms. The molecule has 0 saturated carbocycles. The summed E-state index contributed by atoms with van der Waals surface area (Å²) in [7, 11) is 0. The molecule has 0 radical (unpaired) electrons. The molecule has 3 rings (SSSR count). The van der Waals surface area contributed by atoms with Gasteiger partial charge in [-0.05, 0) is 13.3 Å². The lowest BCUT2D eigenvalue weighted by molar-refractivity contribution is -0.169. The van der Waals surface area contributed by atoms with Crippen molar-refractivity contribution < 1.29 is 9.47 Å². The molecule has 0 bridgehead atoms. The van der Waals surface area contributed by atoms with Crippen LogP contribution in [0.25, 0.3) is 9.69 Å². The molecule has 1 spiro atoms. The molecule has 0 aromatic rings. The van der Waals surface area contributed by atoms with Crippen molar-refractivity contribution in [3.8, 4) is 0 Å². The summed E-state index contributed by atoms with van der Waals surface area (Å²) in [5, 5.41) is 0. The van der Waals surface area contributed by atoms with E-state index in [-0.39, 0.29) is 5.92 Å². The molecule has 1 aliphatic heterocycles. The quantitative estimate of drug-likeness (QED) is 0.498. The summed E-state index contributed by atoms with van der Waals surface area (Å²) in [4.78, 5) is 7.39. The number of hydrogen-bond donors (Lipinski definition) is 0. The molecule has 104 valence electrons. The molecule has 1 fully saturated rings. The van der Waals surface area contributed by atoms with Crippen molar-refractivity contribution >= 4 is 0 Å². The van der Waals surface area contributed by atoms with Crippen LogP contribution in [0.2, 0.25) is 0 Å². The predicted molar refractivity (Wildman–Crippen MR) is 74.4 cm³/mol. The molecule has 20 heavy (non-hydrogen) atoms. The summed E-state index contributed by atoms with van der Waals surface area (Å²) in [5.74, 6) is -0.321. The highest BCUT2D eigenvalue weighted by Gasteiger charge is 2.55. The van der Waals surface area contributed by atoms with Crippen molar-refractivity contribution in [2.45, 2.75) is 44.1 Å². The first-order valence-corrected chi connectivity index (χ1v) is 7.04. The van der Waals surface area contributed by atoms with Crippen LogP contribution < -0.4 is 0 Å². The van der Waals surface area contributed by atoms with E-state index in [9.17, 15) is 0 Å². The molecular formula is C16H18N2O2. The van der Waals surface area contributed by atoms with E-state index in [4.69, 9.17) is 22.6 Å². The van der Waals surface area contributed by atoms with Crippen LogP contribution in [-0.4, -0.2) is 24.7 Å². The molecule has 2 aliphatic carbocycles. The Morgan fingerprint density at radius 3 is 2.50 bits per heavy atom. The van der Waals surface area contributed by atoms with E-state index in [1.165, 1.54) is 5.57 Å². The highest BCUT2D eigenvalue weighted by molar-refractivity contribution is 5.38. The zero-order chi connectivity index (χ0) is 14.2. The topological polar surface area (TPSA) is 27.2 Å². The minimum absolute atomic E-state index is 0.184. The Hall–Kier alpha value is -1.62. The van der Waals surface area contributed by atoms with Gasteiger partial charge in [0.2, 0.25) is 0 Å². The summed E-state index contributed by atoms with van der Waals surface area (Å²) >= 11 is 0. The average molecular weight is 270 g/mol. The number of rotatable bonds is 0. The first-order valence-electron chi connectivity index (χ1n) is 7.04. The SMILES string of the molecule is [C-]#[N+]C1([N+]#[C-])CC=C(C)CC2CC3(CC=C21)OCCO3. The number of hydrogen-bond acceptors (Lipinski definition) is 2. The third-order valence-electron chi connectivity index (χ3n) is 4.58. The van der Waals surface area contributed by atoms with E-state index < -0.39 is 11.4 Å². The Labute approximate surface area is 119 Å². The average Bonchev–Trinajstić information content (AvgIpc) is 2.84. The summed E-state index contributed by atoms with van der Waals surface area (Å²) in [5.41, 5.74) is 1.20. The molecular weight excluding hydrogens is 252 g/mol. The fourth-order valence-electron chi connectivity index (χ4n) is 3.56. The van der Waals surface area contributed by atoms with Gasteiger partial charge in [-0.15, -0.1) is 0 Å². The number of allylic oxidation sites excluding steroid dienone is 1. The molecule has 4 nitrogen and oxygen atoms in total. The van der Waals surface area contributed by atoms with Crippen LogP contribution in [0.4, 0.5) is 0 Å². The lowest BCUT2D eigenvalue weighted by Gasteiger charge is -2.35. The maximum absolute atomic E-state index is 7.51. The van der Waals surface area contributed by atoms with Gasteiger partial charge < -0.3 is 9.47 Å². The number of fused-ring (bicyclic) bond motifs is 1. The van der Waals surface area contributed by atoms with Crippen molar-refractivity contribution in [1.29, 1.82) is 0 Å². The third kappa shape index (κ3) is 1.97. The van der Waals surface area contributed by atoms with Crippen LogP contribution in [0.5, 0.6) is 0 Å². The Morgan fingerprint density at radius 2 is 1.85 bits per heavy atom. The maximum Gasteiger partial charge on any atom is 0.509 e. The molecule has 1 atom stereocenters. The standard InChI is InChI=1S/C16H18N2O2/c1-12-4-7-16(17-2,18-3)14-5-6-15(11-13(14)10-12)19-8-9-20-15/h4-5,13H,6-11H2,1H3. The van der Waals surface area contributed by atoms with Gasteiger partial charge in [-0.2, -0.15) is 0 Å². The predicted octanol–water partition coefficient (Wildman–Crippen LogP) is 3.34. The van der Waals surface area contributed by atoms with Gasteiger partial charge in [-0.3, -0.25) is 0 Å². The second-order valence-corrected chi connectivity index (χ2v) is 5.87. The van der Waals surface area contributed by atoms with Crippen molar-refractivity contribution in [3.05, 3.63) is 46.1 Å². The molecule has 0 aromatic heterocycles. The van der Waals surface area contributed by atoms with Crippen LogP contribution in [0, 0.1) is 19.1 Å². The fraction of sp³-hybridized carbons (Fsp3) is 0.625. The third-order valence-corrected chi connectivity index (χ3v) is 4.58. The minimum atomic E-state index is -1.04. The Bertz CT molecular complexity index is 542. The maximum atomic E-state index is 7.51. The van der Waals surface area contributed by atoms with E-state index >= 15 is 0 Å². The summed E-state index contributed by atoms with van der Waals surface area (Å²) in [6.45, 7) is 18.4. The van der Waals surface area contributed by atoms with Crippen LogP contribution >= 0.6 is 0 Å². The van der Waals surface area contributed by atoms with Gasteiger partial charge in [0, 0.05) is 18.8 Å². The van der Waals surface area contributed by atoms with E-state index in [0.29, 0.717) is 26.1 Å². The zero-order valence-corrected chi connectivity index (χ0v) is 11.7. The Kier molecular flexibility index (Phi) is 3.17. The van der Waals surface area contributed by atoms with E-state index in [2.05, 4.69) is 22.7 Å². The van der Waals surface area contributed by atoms with Gasteiger partial charge >= 0.3 is 5.66 Å². The number of ether oxygens (including phenoxy) is 2. The Balaban J connectivity index is 2.01. The van der Waals surface area contributed by atoms with Gasteiger partial charge in [-0.25, -0.2) is 22.8 Å². The molecule has 0 aromatic carbocycles. The van der Waals surface area contributed by atoms with E-state index in [0.717, 1.165) is 18.4 Å². The van der Waals surface area contributed by atoms with Gasteiger partial charge in [0.15, 0.2) is 5.79 Å². The van der Waals surface area contributed by atoms with Crippen molar-refractivity contribution in [2.75, 3.05) is 13.2 Å². The molecule has 1 saturated heterocycles. The van der Waals surface area contributed by atoms with Gasteiger partial charge in [0.25, 0.3) is 0 Å². The monoisotopic (exact) mass is 270 g/mol. The van der Waals surface area contributed by atoms with Crippen molar-refractivity contribution in [1.82, 2.24) is 0 Å². The largest absolute Gasteiger partial charge is 0.509 e. The van der Waals surface area contributed by atoms with E-state index in [1.54, 1.807) is 0 Å². The highest BCUT2D eigenvalue weighted by atomic mass is 16.7. The van der Waals surface area contributed by atoms with Crippen molar-refractivity contribution in [2.24, 2.45) is 5.92 Å². The first kappa shape index (κ1) is 13.4. The lowest BCUT2D eigenvalue weighted by atomic mass is 9.76. The van der Waals surface area contributed by atoms with Crippen LogP contribution in [0.3, 0.4) is 0 Å². The van der Waals surface area contributed by atoms with Crippen molar-refractivity contribution in [3.63, 3.8) is 0 Å².